The van der Waals surface area contributed by atoms with Crippen LogP contribution in [-0.2, 0) is 19.0 Å². The molecule has 3 rings (SSSR count). The van der Waals surface area contributed by atoms with Gasteiger partial charge in [-0.25, -0.2) is 9.59 Å². The van der Waals surface area contributed by atoms with E-state index in [1.165, 1.54) is 6.08 Å². The Morgan fingerprint density at radius 1 is 0.976 bits per heavy atom. The predicted molar refractivity (Wildman–Crippen MR) is 165 cm³/mol. The van der Waals surface area contributed by atoms with Crippen molar-refractivity contribution in [3.8, 4) is 0 Å². The van der Waals surface area contributed by atoms with Gasteiger partial charge in [0.25, 0.3) is 0 Å². The second-order valence-electron chi connectivity index (χ2n) is 10.8. The summed E-state index contributed by atoms with van der Waals surface area (Å²) in [6.07, 6.45) is 14.7. The highest BCUT2D eigenvalue weighted by Crippen LogP contribution is 2.27. The molecule has 1 fully saturated rings. The number of carbonyl (C=O) groups is 2. The minimum atomic E-state index is -0.428. The average molecular weight is 563 g/mol. The molecular weight excluding hydrogens is 516 g/mol. The highest BCUT2D eigenvalue weighted by atomic mass is 16.5. The second-order valence-corrected chi connectivity index (χ2v) is 10.8. The zero-order chi connectivity index (χ0) is 29.5. The van der Waals surface area contributed by atoms with Gasteiger partial charge in [0.15, 0.2) is 0 Å². The minimum absolute atomic E-state index is 0.0263. The Hall–Kier alpha value is -3.58. The van der Waals surface area contributed by atoms with Crippen molar-refractivity contribution >= 4 is 29.4 Å². The molecule has 0 radical (unpaired) electrons. The summed E-state index contributed by atoms with van der Waals surface area (Å²) in [5.41, 5.74) is 15.4. The van der Waals surface area contributed by atoms with Crippen LogP contribution in [0.25, 0.3) is 6.08 Å². The predicted octanol–water partition coefficient (Wildman–Crippen LogP) is 7.22. The maximum absolute atomic E-state index is 12.7. The molecule has 1 atom stereocenters. The van der Waals surface area contributed by atoms with Crippen LogP contribution in [-0.4, -0.2) is 37.4 Å². The molecule has 7 heteroatoms. The van der Waals surface area contributed by atoms with Gasteiger partial charge in [-0.05, 0) is 98.9 Å². The molecule has 0 spiro atoms. The lowest BCUT2D eigenvalue weighted by Gasteiger charge is -2.28. The van der Waals surface area contributed by atoms with E-state index >= 15 is 0 Å². The van der Waals surface area contributed by atoms with Crippen LogP contribution in [0.3, 0.4) is 0 Å². The number of nitrogen functional groups attached to an aromatic ring is 2. The number of anilines is 2. The number of ether oxygens (including phenoxy) is 3. The summed E-state index contributed by atoms with van der Waals surface area (Å²) in [6, 6.07) is 12.5. The van der Waals surface area contributed by atoms with Crippen LogP contribution in [0.4, 0.5) is 11.4 Å². The number of unbranched alkanes of at least 4 members (excludes halogenated alkanes) is 3. The molecule has 1 aliphatic carbocycles. The van der Waals surface area contributed by atoms with Crippen molar-refractivity contribution in [1.82, 2.24) is 0 Å². The molecule has 4 N–H and O–H groups in total. The number of esters is 2. The van der Waals surface area contributed by atoms with Gasteiger partial charge in [0.2, 0.25) is 0 Å². The molecule has 1 aliphatic rings. The Bertz CT molecular complexity index is 1120. The summed E-state index contributed by atoms with van der Waals surface area (Å²) < 4.78 is 17.3. The van der Waals surface area contributed by atoms with Crippen LogP contribution in [0.1, 0.15) is 98.5 Å². The van der Waals surface area contributed by atoms with Gasteiger partial charge in [-0.15, -0.1) is 6.58 Å². The average Bonchev–Trinajstić information content (AvgIpc) is 2.96. The van der Waals surface area contributed by atoms with E-state index in [1.54, 1.807) is 36.4 Å². The van der Waals surface area contributed by atoms with Crippen molar-refractivity contribution in [3.63, 3.8) is 0 Å². The SMILES string of the molecule is C=CCCCCOC1CCC(OC(=O)c2ccc(C=CC(=O)OCC(CCCC)c3cc(N)cc(N)c3)cc2)CC1. The summed E-state index contributed by atoms with van der Waals surface area (Å²) in [5, 5.41) is 0. The largest absolute Gasteiger partial charge is 0.462 e. The summed E-state index contributed by atoms with van der Waals surface area (Å²) in [7, 11) is 0. The number of hydrogen-bond acceptors (Lipinski definition) is 7. The third kappa shape index (κ3) is 11.4. The van der Waals surface area contributed by atoms with E-state index in [2.05, 4.69) is 13.5 Å². The van der Waals surface area contributed by atoms with E-state index in [0.717, 1.165) is 81.9 Å². The smallest absolute Gasteiger partial charge is 0.338 e. The quantitative estimate of drug-likeness (QED) is 0.0730. The number of carbonyl (C=O) groups excluding carboxylic acids is 2. The first-order valence-electron chi connectivity index (χ1n) is 14.9. The number of allylic oxidation sites excluding steroid dienone is 1. The van der Waals surface area contributed by atoms with E-state index in [9.17, 15) is 9.59 Å². The minimum Gasteiger partial charge on any atom is -0.462 e. The van der Waals surface area contributed by atoms with Crippen molar-refractivity contribution < 1.29 is 23.8 Å². The fraction of sp³-hybridized carbons (Fsp3) is 0.471. The molecule has 0 saturated heterocycles. The van der Waals surface area contributed by atoms with E-state index < -0.39 is 5.97 Å². The molecule has 2 aromatic carbocycles. The molecule has 0 aliphatic heterocycles. The second kappa shape index (κ2) is 17.3. The summed E-state index contributed by atoms with van der Waals surface area (Å²) >= 11 is 0. The number of rotatable bonds is 16. The van der Waals surface area contributed by atoms with Crippen LogP contribution >= 0.6 is 0 Å². The van der Waals surface area contributed by atoms with Crippen molar-refractivity contribution in [2.45, 2.75) is 89.3 Å². The molecule has 0 heterocycles. The van der Waals surface area contributed by atoms with E-state index in [0.29, 0.717) is 16.9 Å². The fourth-order valence-electron chi connectivity index (χ4n) is 5.04. The zero-order valence-electron chi connectivity index (χ0n) is 24.4. The first kappa shape index (κ1) is 31.9. The molecule has 1 unspecified atom stereocenters. The molecule has 7 nitrogen and oxygen atoms in total. The molecule has 2 aromatic rings. The molecule has 222 valence electrons. The first-order valence-corrected chi connectivity index (χ1v) is 14.9. The molecule has 0 amide bonds. The highest BCUT2D eigenvalue weighted by molar-refractivity contribution is 5.90. The van der Waals surface area contributed by atoms with Gasteiger partial charge in [0.05, 0.1) is 18.3 Å². The lowest BCUT2D eigenvalue weighted by Crippen LogP contribution is -2.28. The maximum Gasteiger partial charge on any atom is 0.338 e. The lowest BCUT2D eigenvalue weighted by atomic mass is 9.93. The van der Waals surface area contributed by atoms with Crippen molar-refractivity contribution in [2.24, 2.45) is 0 Å². The fourth-order valence-corrected chi connectivity index (χ4v) is 5.04. The molecule has 0 aromatic heterocycles. The number of nitrogens with two attached hydrogens (primary N) is 2. The Kier molecular flexibility index (Phi) is 13.5. The Morgan fingerprint density at radius 2 is 1.66 bits per heavy atom. The van der Waals surface area contributed by atoms with Gasteiger partial charge in [0, 0.05) is 30.0 Å². The van der Waals surface area contributed by atoms with Gasteiger partial charge in [-0.3, -0.25) is 0 Å². The Morgan fingerprint density at radius 3 is 2.32 bits per heavy atom. The summed E-state index contributed by atoms with van der Waals surface area (Å²) in [6.45, 7) is 6.90. The topological polar surface area (TPSA) is 114 Å². The van der Waals surface area contributed by atoms with Crippen molar-refractivity contribution in [3.05, 3.63) is 77.9 Å². The molecular formula is C34H46N2O5. The van der Waals surface area contributed by atoms with Crippen LogP contribution in [0.2, 0.25) is 0 Å². The molecule has 1 saturated carbocycles. The summed E-state index contributed by atoms with van der Waals surface area (Å²) in [4.78, 5) is 25.1. The monoisotopic (exact) mass is 562 g/mol. The van der Waals surface area contributed by atoms with E-state index in [1.807, 2.05) is 18.2 Å². The van der Waals surface area contributed by atoms with Gasteiger partial charge >= 0.3 is 11.9 Å². The number of benzene rings is 2. The van der Waals surface area contributed by atoms with Crippen LogP contribution in [0.5, 0.6) is 0 Å². The van der Waals surface area contributed by atoms with Crippen LogP contribution < -0.4 is 11.5 Å². The molecule has 0 bridgehead atoms. The first-order chi connectivity index (χ1) is 19.9. The van der Waals surface area contributed by atoms with E-state index in [4.69, 9.17) is 25.7 Å². The summed E-state index contributed by atoms with van der Waals surface area (Å²) in [5.74, 6) is -0.726. The van der Waals surface area contributed by atoms with Gasteiger partial charge in [0.1, 0.15) is 6.10 Å². The lowest BCUT2D eigenvalue weighted by molar-refractivity contribution is -0.138. The maximum atomic E-state index is 12.7. The van der Waals surface area contributed by atoms with Crippen LogP contribution in [0.15, 0.2) is 61.2 Å². The normalized spacial score (nSPS) is 17.7. The zero-order valence-corrected chi connectivity index (χ0v) is 24.4. The molecule has 41 heavy (non-hydrogen) atoms. The van der Waals surface area contributed by atoms with Crippen molar-refractivity contribution in [1.29, 1.82) is 0 Å². The third-order valence-corrected chi connectivity index (χ3v) is 7.41. The Labute approximate surface area is 244 Å². The third-order valence-electron chi connectivity index (χ3n) is 7.41. The highest BCUT2D eigenvalue weighted by Gasteiger charge is 2.24. The van der Waals surface area contributed by atoms with Gasteiger partial charge < -0.3 is 25.7 Å². The van der Waals surface area contributed by atoms with Gasteiger partial charge in [-0.1, -0.05) is 38.0 Å². The Balaban J connectivity index is 1.42. The number of hydrogen-bond donors (Lipinski definition) is 2. The standard InChI is InChI=1S/C34H46N2O5/c1-3-5-7-8-20-39-31-15-17-32(18-16-31)41-34(38)26-13-10-25(11-14-26)12-19-33(37)40-24-27(9-6-4-2)28-21-29(35)23-30(36)22-28/h3,10-14,19,21-23,27,31-32H,1,4-9,15-18,20,24,35-36H2,2H3. The van der Waals surface area contributed by atoms with Crippen LogP contribution in [0, 0.1) is 0 Å². The van der Waals surface area contributed by atoms with Crippen molar-refractivity contribution in [2.75, 3.05) is 24.7 Å². The van der Waals surface area contributed by atoms with E-state index in [-0.39, 0.29) is 30.7 Å². The van der Waals surface area contributed by atoms with Gasteiger partial charge in [-0.2, -0.15) is 0 Å².